The predicted molar refractivity (Wildman–Crippen MR) is 95.2 cm³/mol. The number of ether oxygens (including phenoxy) is 1. The number of nitrogens with one attached hydrogen (secondary N) is 1. The average molecular weight is 375 g/mol. The second-order valence-electron chi connectivity index (χ2n) is 6.04. The molecule has 0 saturated heterocycles. The van der Waals surface area contributed by atoms with Crippen molar-refractivity contribution in [2.45, 2.75) is 45.3 Å². The number of hydrogen-bond donors (Lipinski definition) is 1. The van der Waals surface area contributed by atoms with Crippen molar-refractivity contribution in [3.8, 4) is 5.75 Å². The summed E-state index contributed by atoms with van der Waals surface area (Å²) < 4.78 is 31.2. The van der Waals surface area contributed by atoms with Gasteiger partial charge in [-0.05, 0) is 31.5 Å². The quantitative estimate of drug-likeness (QED) is 0.859. The molecule has 0 fully saturated rings. The Hall–Kier alpha value is -1.47. The molecule has 2 rings (SSSR count). The lowest BCUT2D eigenvalue weighted by molar-refractivity contribution is -0.128. The van der Waals surface area contributed by atoms with E-state index in [1.54, 1.807) is 12.1 Å². The summed E-state index contributed by atoms with van der Waals surface area (Å²) in [6.07, 6.45) is 2.50. The first-order chi connectivity index (χ1) is 11.2. The molecular weight excluding hydrogens is 352 g/mol. The zero-order chi connectivity index (χ0) is 17.9. The van der Waals surface area contributed by atoms with E-state index in [1.165, 1.54) is 10.4 Å². The summed E-state index contributed by atoms with van der Waals surface area (Å²) >= 11 is 5.99. The number of anilines is 1. The van der Waals surface area contributed by atoms with Crippen molar-refractivity contribution in [3.05, 3.63) is 23.2 Å². The van der Waals surface area contributed by atoms with E-state index < -0.39 is 16.1 Å². The van der Waals surface area contributed by atoms with Gasteiger partial charge in [-0.15, -0.1) is 0 Å². The minimum Gasteiger partial charge on any atom is -0.478 e. The van der Waals surface area contributed by atoms with Crippen LogP contribution in [0.5, 0.6) is 5.75 Å². The topological polar surface area (TPSA) is 75.7 Å². The maximum atomic E-state index is 12.4. The van der Waals surface area contributed by atoms with Gasteiger partial charge in [0.2, 0.25) is 10.0 Å². The summed E-state index contributed by atoms with van der Waals surface area (Å²) in [5.74, 6) is 0.109. The maximum absolute atomic E-state index is 12.4. The Morgan fingerprint density at radius 2 is 2.21 bits per heavy atom. The molecule has 8 heteroatoms. The van der Waals surface area contributed by atoms with E-state index in [-0.39, 0.29) is 24.9 Å². The Labute approximate surface area is 148 Å². The van der Waals surface area contributed by atoms with Gasteiger partial charge in [-0.1, -0.05) is 24.9 Å². The van der Waals surface area contributed by atoms with Crippen LogP contribution in [-0.4, -0.2) is 39.3 Å². The molecule has 2 atom stereocenters. The van der Waals surface area contributed by atoms with Crippen LogP contribution in [0.3, 0.4) is 0 Å². The zero-order valence-corrected chi connectivity index (χ0v) is 15.7. The lowest BCUT2D eigenvalue weighted by Gasteiger charge is -2.21. The van der Waals surface area contributed by atoms with Gasteiger partial charge < -0.3 is 10.1 Å². The highest BCUT2D eigenvalue weighted by Crippen LogP contribution is 2.36. The van der Waals surface area contributed by atoms with Crippen LogP contribution >= 0.6 is 11.6 Å². The van der Waals surface area contributed by atoms with E-state index in [1.807, 2.05) is 6.92 Å². The van der Waals surface area contributed by atoms with Gasteiger partial charge in [0.15, 0.2) is 6.10 Å². The van der Waals surface area contributed by atoms with Crippen molar-refractivity contribution in [2.24, 2.45) is 0 Å². The Balaban J connectivity index is 2.27. The smallest absolute Gasteiger partial charge is 0.261 e. The standard InChI is InChI=1S/C16H23ClN2O4S/c1-4-5-11(2)18-16(20)15-8-9-19(24(3,21)22)13-10-12(17)6-7-14(13)23-15/h6-7,10-11,15H,4-5,8-9H2,1-3H3,(H,18,20). The second kappa shape index (κ2) is 7.61. The summed E-state index contributed by atoms with van der Waals surface area (Å²) in [6.45, 7) is 4.15. The van der Waals surface area contributed by atoms with Crippen LogP contribution in [0.1, 0.15) is 33.1 Å². The van der Waals surface area contributed by atoms with Crippen LogP contribution in [0.4, 0.5) is 5.69 Å². The predicted octanol–water partition coefficient (Wildman–Crippen LogP) is 2.56. The molecule has 134 valence electrons. The number of rotatable bonds is 5. The molecule has 1 heterocycles. The summed E-state index contributed by atoms with van der Waals surface area (Å²) in [6, 6.07) is 4.79. The van der Waals surface area contributed by atoms with E-state index in [0.29, 0.717) is 16.5 Å². The highest BCUT2D eigenvalue weighted by molar-refractivity contribution is 7.92. The van der Waals surface area contributed by atoms with Crippen LogP contribution in [0.25, 0.3) is 0 Å². The number of benzene rings is 1. The summed E-state index contributed by atoms with van der Waals surface area (Å²) in [4.78, 5) is 12.4. The fourth-order valence-corrected chi connectivity index (χ4v) is 3.83. The van der Waals surface area contributed by atoms with E-state index >= 15 is 0 Å². The molecule has 1 amide bonds. The monoisotopic (exact) mass is 374 g/mol. The van der Waals surface area contributed by atoms with Gasteiger partial charge in [-0.25, -0.2) is 8.42 Å². The SMILES string of the molecule is CCCC(C)NC(=O)C1CCN(S(C)(=O)=O)c2cc(Cl)ccc2O1. The van der Waals surface area contributed by atoms with Gasteiger partial charge in [-0.2, -0.15) is 0 Å². The Bertz CT molecular complexity index is 708. The average Bonchev–Trinajstić information content (AvgIpc) is 2.66. The molecule has 0 spiro atoms. The fraction of sp³-hybridized carbons (Fsp3) is 0.562. The van der Waals surface area contributed by atoms with E-state index in [9.17, 15) is 13.2 Å². The third kappa shape index (κ3) is 4.54. The van der Waals surface area contributed by atoms with Crippen LogP contribution in [0.2, 0.25) is 5.02 Å². The lowest BCUT2D eigenvalue weighted by Crippen LogP contribution is -2.43. The zero-order valence-electron chi connectivity index (χ0n) is 14.1. The summed E-state index contributed by atoms with van der Waals surface area (Å²) in [7, 11) is -3.50. The molecule has 0 saturated carbocycles. The third-order valence-corrected chi connectivity index (χ3v) is 5.27. The molecular formula is C16H23ClN2O4S. The van der Waals surface area contributed by atoms with E-state index in [4.69, 9.17) is 16.3 Å². The molecule has 24 heavy (non-hydrogen) atoms. The largest absolute Gasteiger partial charge is 0.478 e. The van der Waals surface area contributed by atoms with Gasteiger partial charge >= 0.3 is 0 Å². The first kappa shape index (κ1) is 18.9. The normalized spacial score (nSPS) is 19.0. The number of halogens is 1. The molecule has 1 aromatic rings. The highest BCUT2D eigenvalue weighted by atomic mass is 35.5. The number of carbonyl (C=O) groups excluding carboxylic acids is 1. The first-order valence-corrected chi connectivity index (χ1v) is 10.2. The van der Waals surface area contributed by atoms with Crippen LogP contribution in [0.15, 0.2) is 18.2 Å². The number of carbonyl (C=O) groups is 1. The molecule has 1 aliphatic heterocycles. The van der Waals surface area contributed by atoms with Crippen molar-refractivity contribution < 1.29 is 17.9 Å². The van der Waals surface area contributed by atoms with Gasteiger partial charge in [0.25, 0.3) is 5.91 Å². The van der Waals surface area contributed by atoms with Crippen molar-refractivity contribution in [2.75, 3.05) is 17.1 Å². The van der Waals surface area contributed by atoms with Crippen LogP contribution in [-0.2, 0) is 14.8 Å². The van der Waals surface area contributed by atoms with Gasteiger partial charge in [0, 0.05) is 24.0 Å². The van der Waals surface area contributed by atoms with Crippen molar-refractivity contribution in [3.63, 3.8) is 0 Å². The maximum Gasteiger partial charge on any atom is 0.261 e. The molecule has 1 aliphatic rings. The Kier molecular flexibility index (Phi) is 5.98. The number of sulfonamides is 1. The van der Waals surface area contributed by atoms with Gasteiger partial charge in [-0.3, -0.25) is 9.10 Å². The molecule has 2 unspecified atom stereocenters. The Morgan fingerprint density at radius 3 is 2.83 bits per heavy atom. The number of amides is 1. The summed E-state index contributed by atoms with van der Waals surface area (Å²) in [5, 5.41) is 3.32. The molecule has 1 N–H and O–H groups in total. The molecule has 0 bridgehead atoms. The van der Waals surface area contributed by atoms with Gasteiger partial charge in [0.05, 0.1) is 11.9 Å². The first-order valence-electron chi connectivity index (χ1n) is 7.96. The van der Waals surface area contributed by atoms with Gasteiger partial charge in [0.1, 0.15) is 5.75 Å². The second-order valence-corrected chi connectivity index (χ2v) is 8.38. The van der Waals surface area contributed by atoms with E-state index in [2.05, 4.69) is 12.2 Å². The molecule has 0 aromatic heterocycles. The lowest BCUT2D eigenvalue weighted by atomic mass is 10.1. The number of nitrogens with zero attached hydrogens (tertiary/aromatic N) is 1. The minimum atomic E-state index is -3.50. The number of hydrogen-bond acceptors (Lipinski definition) is 4. The Morgan fingerprint density at radius 1 is 1.50 bits per heavy atom. The van der Waals surface area contributed by atoms with Crippen molar-refractivity contribution in [1.29, 1.82) is 0 Å². The molecule has 6 nitrogen and oxygen atoms in total. The van der Waals surface area contributed by atoms with Crippen molar-refractivity contribution >= 4 is 33.2 Å². The van der Waals surface area contributed by atoms with E-state index in [0.717, 1.165) is 19.1 Å². The molecule has 0 aliphatic carbocycles. The minimum absolute atomic E-state index is 0.0463. The fourth-order valence-electron chi connectivity index (χ4n) is 2.72. The molecule has 0 radical (unpaired) electrons. The van der Waals surface area contributed by atoms with Crippen LogP contribution in [0, 0.1) is 0 Å². The number of fused-ring (bicyclic) bond motifs is 1. The van der Waals surface area contributed by atoms with Crippen LogP contribution < -0.4 is 14.4 Å². The van der Waals surface area contributed by atoms with Crippen molar-refractivity contribution in [1.82, 2.24) is 5.32 Å². The highest BCUT2D eigenvalue weighted by Gasteiger charge is 2.31. The molecule has 1 aromatic carbocycles. The third-order valence-electron chi connectivity index (χ3n) is 3.86. The summed E-state index contributed by atoms with van der Waals surface area (Å²) in [5.41, 5.74) is 0.363.